The third-order valence-corrected chi connectivity index (χ3v) is 2.40. The molecule has 2 bridgehead atoms. The molecule has 2 aliphatic carbocycles. The molecule has 0 aromatic carbocycles. The van der Waals surface area contributed by atoms with Gasteiger partial charge in [0, 0.05) is 0 Å². The molecular weight excluding hydrogens is 108 g/mol. The molecule has 0 heterocycles. The zero-order chi connectivity index (χ0) is 6.27. The molecule has 2 aliphatic rings. The van der Waals surface area contributed by atoms with Crippen LogP contribution >= 0.6 is 0 Å². The van der Waals surface area contributed by atoms with Gasteiger partial charge in [-0.1, -0.05) is 24.1 Å². The molecule has 0 N–H and O–H groups in total. The maximum Gasteiger partial charge on any atom is -0.00992 e. The van der Waals surface area contributed by atoms with Crippen molar-refractivity contribution in [1.29, 1.82) is 0 Å². The number of allylic oxidation sites excluding steroid dienone is 4. The first kappa shape index (κ1) is 5.28. The monoisotopic (exact) mass is 120 g/mol. The summed E-state index contributed by atoms with van der Waals surface area (Å²) >= 11 is 0. The highest BCUT2D eigenvalue weighted by Crippen LogP contribution is 2.39. The van der Waals surface area contributed by atoms with E-state index >= 15 is 0 Å². The Hall–Kier alpha value is -0.520. The fourth-order valence-electron chi connectivity index (χ4n) is 1.86. The normalized spacial score (nSPS) is 23.4. The average molecular weight is 120 g/mol. The molecular formula is C9H12. The summed E-state index contributed by atoms with van der Waals surface area (Å²) in [6.45, 7) is 2.25. The van der Waals surface area contributed by atoms with Gasteiger partial charge in [0.15, 0.2) is 0 Å². The van der Waals surface area contributed by atoms with E-state index in [0.717, 1.165) is 0 Å². The Morgan fingerprint density at radius 3 is 2.67 bits per heavy atom. The Morgan fingerprint density at radius 2 is 2.33 bits per heavy atom. The van der Waals surface area contributed by atoms with E-state index in [0.29, 0.717) is 0 Å². The molecule has 0 spiro atoms. The van der Waals surface area contributed by atoms with E-state index in [1.165, 1.54) is 25.7 Å². The summed E-state index contributed by atoms with van der Waals surface area (Å²) in [7, 11) is 0. The van der Waals surface area contributed by atoms with Gasteiger partial charge < -0.3 is 0 Å². The molecule has 0 atom stereocenters. The molecule has 0 saturated heterocycles. The van der Waals surface area contributed by atoms with Crippen molar-refractivity contribution < 1.29 is 0 Å². The Labute approximate surface area is 56.3 Å². The molecule has 1 saturated carbocycles. The summed E-state index contributed by atoms with van der Waals surface area (Å²) in [4.78, 5) is 0. The van der Waals surface area contributed by atoms with Gasteiger partial charge in [0.2, 0.25) is 0 Å². The van der Waals surface area contributed by atoms with Crippen LogP contribution in [0.25, 0.3) is 0 Å². The van der Waals surface area contributed by atoms with Gasteiger partial charge in [-0.15, -0.1) is 0 Å². The SMILES string of the molecule is CCC1=C2CCC(=C1)C2. The Morgan fingerprint density at radius 1 is 1.44 bits per heavy atom. The van der Waals surface area contributed by atoms with Crippen LogP contribution in [0.5, 0.6) is 0 Å². The summed E-state index contributed by atoms with van der Waals surface area (Å²) < 4.78 is 0. The second-order valence-electron chi connectivity index (χ2n) is 2.96. The lowest BCUT2D eigenvalue weighted by molar-refractivity contribution is 0.982. The summed E-state index contributed by atoms with van der Waals surface area (Å²) in [5.41, 5.74) is 5.05. The molecule has 0 aliphatic heterocycles. The first-order valence-corrected chi connectivity index (χ1v) is 3.80. The smallest absolute Gasteiger partial charge is 0.00992 e. The molecule has 1 fully saturated rings. The van der Waals surface area contributed by atoms with E-state index in [4.69, 9.17) is 0 Å². The van der Waals surface area contributed by atoms with E-state index in [1.807, 2.05) is 0 Å². The van der Waals surface area contributed by atoms with Crippen LogP contribution in [0.1, 0.15) is 32.6 Å². The summed E-state index contributed by atoms with van der Waals surface area (Å²) in [6.07, 6.45) is 7.70. The lowest BCUT2D eigenvalue weighted by Crippen LogP contribution is -1.81. The topological polar surface area (TPSA) is 0 Å². The van der Waals surface area contributed by atoms with Crippen LogP contribution in [0.4, 0.5) is 0 Å². The predicted molar refractivity (Wildman–Crippen MR) is 39.3 cm³/mol. The zero-order valence-corrected chi connectivity index (χ0v) is 5.91. The van der Waals surface area contributed by atoms with E-state index in [9.17, 15) is 0 Å². The van der Waals surface area contributed by atoms with Crippen molar-refractivity contribution in [3.05, 3.63) is 22.8 Å². The minimum atomic E-state index is 1.25. The molecule has 0 aromatic heterocycles. The lowest BCUT2D eigenvalue weighted by Gasteiger charge is -2.00. The zero-order valence-electron chi connectivity index (χ0n) is 5.91. The van der Waals surface area contributed by atoms with Crippen LogP contribution in [0.2, 0.25) is 0 Å². The van der Waals surface area contributed by atoms with Crippen molar-refractivity contribution in [2.24, 2.45) is 0 Å². The quantitative estimate of drug-likeness (QED) is 0.499. The summed E-state index contributed by atoms with van der Waals surface area (Å²) in [5, 5.41) is 0. The van der Waals surface area contributed by atoms with Gasteiger partial charge in [-0.3, -0.25) is 0 Å². The second-order valence-corrected chi connectivity index (χ2v) is 2.96. The van der Waals surface area contributed by atoms with Crippen molar-refractivity contribution in [2.45, 2.75) is 32.6 Å². The van der Waals surface area contributed by atoms with E-state index in [1.54, 1.807) is 16.7 Å². The molecule has 0 aromatic rings. The van der Waals surface area contributed by atoms with Gasteiger partial charge in [0.05, 0.1) is 0 Å². The maximum atomic E-state index is 2.40. The predicted octanol–water partition coefficient (Wildman–Crippen LogP) is 2.82. The van der Waals surface area contributed by atoms with Crippen LogP contribution in [0.3, 0.4) is 0 Å². The van der Waals surface area contributed by atoms with Crippen molar-refractivity contribution in [2.75, 3.05) is 0 Å². The van der Waals surface area contributed by atoms with Crippen LogP contribution < -0.4 is 0 Å². The third-order valence-electron chi connectivity index (χ3n) is 2.40. The van der Waals surface area contributed by atoms with Crippen LogP contribution in [0, 0.1) is 0 Å². The number of rotatable bonds is 1. The van der Waals surface area contributed by atoms with E-state index in [2.05, 4.69) is 13.0 Å². The number of hydrogen-bond donors (Lipinski definition) is 0. The second kappa shape index (κ2) is 1.73. The summed E-state index contributed by atoms with van der Waals surface area (Å²) in [6, 6.07) is 0. The van der Waals surface area contributed by atoms with Crippen LogP contribution in [-0.2, 0) is 0 Å². The minimum absolute atomic E-state index is 1.25. The first-order chi connectivity index (χ1) is 4.40. The Bertz CT molecular complexity index is 194. The highest BCUT2D eigenvalue weighted by molar-refractivity contribution is 5.43. The fourth-order valence-corrected chi connectivity index (χ4v) is 1.86. The summed E-state index contributed by atoms with van der Waals surface area (Å²) in [5.74, 6) is 0. The van der Waals surface area contributed by atoms with E-state index in [-0.39, 0.29) is 0 Å². The average Bonchev–Trinajstić information content (AvgIpc) is 2.45. The molecule has 0 amide bonds. The van der Waals surface area contributed by atoms with Gasteiger partial charge in [-0.2, -0.15) is 0 Å². The lowest BCUT2D eigenvalue weighted by atomic mass is 10.1. The van der Waals surface area contributed by atoms with Gasteiger partial charge in [-0.05, 0) is 31.3 Å². The Balaban J connectivity index is 2.33. The molecule has 0 nitrogen and oxygen atoms in total. The standard InChI is InChI=1S/C9H12/c1-2-8-5-7-3-4-9(8)6-7/h5H,2-4,6H2,1H3. The molecule has 9 heavy (non-hydrogen) atoms. The number of hydrogen-bond acceptors (Lipinski definition) is 0. The molecule has 2 rings (SSSR count). The van der Waals surface area contributed by atoms with Crippen molar-refractivity contribution in [3.63, 3.8) is 0 Å². The van der Waals surface area contributed by atoms with Gasteiger partial charge in [0.25, 0.3) is 0 Å². The van der Waals surface area contributed by atoms with Gasteiger partial charge in [-0.25, -0.2) is 0 Å². The van der Waals surface area contributed by atoms with Gasteiger partial charge in [0.1, 0.15) is 0 Å². The molecule has 0 unspecified atom stereocenters. The highest BCUT2D eigenvalue weighted by Gasteiger charge is 2.20. The van der Waals surface area contributed by atoms with Crippen molar-refractivity contribution in [1.82, 2.24) is 0 Å². The minimum Gasteiger partial charge on any atom is -0.0656 e. The third kappa shape index (κ3) is 0.658. The Kier molecular flexibility index (Phi) is 1.01. The van der Waals surface area contributed by atoms with Crippen LogP contribution in [0.15, 0.2) is 22.8 Å². The van der Waals surface area contributed by atoms with Crippen molar-refractivity contribution >= 4 is 0 Å². The van der Waals surface area contributed by atoms with Crippen molar-refractivity contribution in [3.8, 4) is 0 Å². The highest BCUT2D eigenvalue weighted by atomic mass is 14.3. The largest absolute Gasteiger partial charge is 0.0656 e. The number of fused-ring (bicyclic) bond motifs is 2. The molecule has 0 heteroatoms. The molecule has 48 valence electrons. The maximum absolute atomic E-state index is 2.40. The first-order valence-electron chi connectivity index (χ1n) is 3.80. The van der Waals surface area contributed by atoms with Crippen LogP contribution in [-0.4, -0.2) is 0 Å². The van der Waals surface area contributed by atoms with Gasteiger partial charge >= 0.3 is 0 Å². The van der Waals surface area contributed by atoms with E-state index < -0.39 is 0 Å². The fraction of sp³-hybridized carbons (Fsp3) is 0.556. The molecule has 0 radical (unpaired) electrons.